The molecule has 0 amide bonds. The van der Waals surface area contributed by atoms with Crippen LogP contribution in [0.15, 0.2) is 55.7 Å². The van der Waals surface area contributed by atoms with Crippen molar-refractivity contribution in [1.29, 1.82) is 0 Å². The number of esters is 1. The van der Waals surface area contributed by atoms with Crippen molar-refractivity contribution in [2.75, 3.05) is 13.2 Å². The minimum Gasteiger partial charge on any atom is -0.490 e. The molecular formula is C15H16O3. The highest BCUT2D eigenvalue weighted by Crippen LogP contribution is 2.13. The van der Waals surface area contributed by atoms with Crippen LogP contribution in [0, 0.1) is 0 Å². The van der Waals surface area contributed by atoms with Crippen molar-refractivity contribution in [2.24, 2.45) is 0 Å². The molecule has 0 unspecified atom stereocenters. The Labute approximate surface area is 107 Å². The smallest absolute Gasteiger partial charge is 0.331 e. The molecule has 3 heteroatoms. The Kier molecular flexibility index (Phi) is 6.04. The first kappa shape index (κ1) is 13.8. The summed E-state index contributed by atoms with van der Waals surface area (Å²) in [7, 11) is 0. The fourth-order valence-electron chi connectivity index (χ4n) is 1.18. The van der Waals surface area contributed by atoms with Crippen LogP contribution >= 0.6 is 0 Å². The SMILES string of the molecule is C=CCOC(=O)/C=C/c1ccc(OCC=C)cc1. The highest BCUT2D eigenvalue weighted by Gasteiger charge is 1.95. The van der Waals surface area contributed by atoms with E-state index in [0.29, 0.717) is 6.61 Å². The van der Waals surface area contributed by atoms with Gasteiger partial charge in [-0.1, -0.05) is 37.4 Å². The number of hydrogen-bond acceptors (Lipinski definition) is 3. The van der Waals surface area contributed by atoms with Gasteiger partial charge in [0.25, 0.3) is 0 Å². The van der Waals surface area contributed by atoms with Gasteiger partial charge in [0.15, 0.2) is 0 Å². The molecule has 1 rings (SSSR count). The van der Waals surface area contributed by atoms with Gasteiger partial charge >= 0.3 is 5.97 Å². The third kappa shape index (κ3) is 5.16. The summed E-state index contributed by atoms with van der Waals surface area (Å²) >= 11 is 0. The monoisotopic (exact) mass is 244 g/mol. The lowest BCUT2D eigenvalue weighted by atomic mass is 10.2. The van der Waals surface area contributed by atoms with E-state index in [1.54, 1.807) is 12.2 Å². The van der Waals surface area contributed by atoms with Crippen molar-refractivity contribution < 1.29 is 14.3 Å². The Balaban J connectivity index is 2.52. The van der Waals surface area contributed by atoms with Gasteiger partial charge in [-0.15, -0.1) is 0 Å². The van der Waals surface area contributed by atoms with Crippen LogP contribution in [0.5, 0.6) is 5.75 Å². The average Bonchev–Trinajstić information content (AvgIpc) is 2.41. The molecule has 0 aliphatic heterocycles. The minimum atomic E-state index is -0.387. The van der Waals surface area contributed by atoms with Crippen LogP contribution in [0.1, 0.15) is 5.56 Å². The Bertz CT molecular complexity index is 430. The minimum absolute atomic E-state index is 0.220. The first-order chi connectivity index (χ1) is 8.76. The van der Waals surface area contributed by atoms with E-state index in [0.717, 1.165) is 11.3 Å². The predicted molar refractivity (Wildman–Crippen MR) is 72.3 cm³/mol. The van der Waals surface area contributed by atoms with Crippen LogP contribution in [0.25, 0.3) is 6.08 Å². The van der Waals surface area contributed by atoms with Crippen LogP contribution < -0.4 is 4.74 Å². The van der Waals surface area contributed by atoms with Crippen molar-refractivity contribution in [2.45, 2.75) is 0 Å². The summed E-state index contributed by atoms with van der Waals surface area (Å²) in [6.45, 7) is 7.73. The lowest BCUT2D eigenvalue weighted by molar-refractivity contribution is -0.136. The van der Waals surface area contributed by atoms with Gasteiger partial charge < -0.3 is 9.47 Å². The average molecular weight is 244 g/mol. The normalized spacial score (nSPS) is 10.0. The predicted octanol–water partition coefficient (Wildman–Crippen LogP) is 2.99. The molecule has 0 aliphatic carbocycles. The molecule has 0 aliphatic rings. The molecule has 0 aromatic heterocycles. The number of carbonyl (C=O) groups is 1. The summed E-state index contributed by atoms with van der Waals surface area (Å²) in [4.78, 5) is 11.2. The number of hydrogen-bond donors (Lipinski definition) is 0. The summed E-state index contributed by atoms with van der Waals surface area (Å²) in [5.41, 5.74) is 0.900. The van der Waals surface area contributed by atoms with Crippen molar-refractivity contribution in [3.05, 3.63) is 61.2 Å². The molecular weight excluding hydrogens is 228 g/mol. The zero-order valence-corrected chi connectivity index (χ0v) is 10.2. The molecule has 1 aromatic carbocycles. The van der Waals surface area contributed by atoms with Gasteiger partial charge in [0, 0.05) is 6.08 Å². The van der Waals surface area contributed by atoms with Crippen molar-refractivity contribution >= 4 is 12.0 Å². The van der Waals surface area contributed by atoms with Gasteiger partial charge in [-0.25, -0.2) is 4.79 Å². The van der Waals surface area contributed by atoms with Gasteiger partial charge in [0.2, 0.25) is 0 Å². The molecule has 18 heavy (non-hydrogen) atoms. The maximum atomic E-state index is 11.2. The fourth-order valence-corrected chi connectivity index (χ4v) is 1.18. The molecule has 0 N–H and O–H groups in total. The van der Waals surface area contributed by atoms with E-state index < -0.39 is 0 Å². The van der Waals surface area contributed by atoms with Gasteiger partial charge in [0.1, 0.15) is 19.0 Å². The van der Waals surface area contributed by atoms with E-state index in [2.05, 4.69) is 13.2 Å². The first-order valence-corrected chi connectivity index (χ1v) is 5.55. The van der Waals surface area contributed by atoms with Gasteiger partial charge in [-0.3, -0.25) is 0 Å². The third-order valence-electron chi connectivity index (χ3n) is 2.00. The first-order valence-electron chi connectivity index (χ1n) is 5.55. The molecule has 1 aromatic rings. The highest BCUT2D eigenvalue weighted by atomic mass is 16.5. The largest absolute Gasteiger partial charge is 0.490 e. The second kappa shape index (κ2) is 7.90. The van der Waals surface area contributed by atoms with Crippen LogP contribution in [0.3, 0.4) is 0 Å². The van der Waals surface area contributed by atoms with E-state index >= 15 is 0 Å². The maximum absolute atomic E-state index is 11.2. The number of rotatable bonds is 7. The van der Waals surface area contributed by atoms with E-state index in [4.69, 9.17) is 9.47 Å². The van der Waals surface area contributed by atoms with Crippen molar-refractivity contribution in [3.8, 4) is 5.75 Å². The second-order valence-corrected chi connectivity index (χ2v) is 3.42. The summed E-state index contributed by atoms with van der Waals surface area (Å²) in [6.07, 6.45) is 6.27. The third-order valence-corrected chi connectivity index (χ3v) is 2.00. The van der Waals surface area contributed by atoms with Gasteiger partial charge in [-0.2, -0.15) is 0 Å². The van der Waals surface area contributed by atoms with E-state index in [1.807, 2.05) is 24.3 Å². The molecule has 0 radical (unpaired) electrons. The molecule has 0 spiro atoms. The molecule has 0 atom stereocenters. The summed E-state index contributed by atoms with van der Waals surface area (Å²) in [5, 5.41) is 0. The Morgan fingerprint density at radius 2 is 1.78 bits per heavy atom. The zero-order chi connectivity index (χ0) is 13.2. The highest BCUT2D eigenvalue weighted by molar-refractivity contribution is 5.87. The van der Waals surface area contributed by atoms with E-state index in [-0.39, 0.29) is 12.6 Å². The standard InChI is InChI=1S/C15H16O3/c1-3-11-17-14-8-5-13(6-9-14)7-10-15(16)18-12-4-2/h3-10H,1-2,11-12H2/b10-7+. The molecule has 3 nitrogen and oxygen atoms in total. The number of ether oxygens (including phenoxy) is 2. The topological polar surface area (TPSA) is 35.5 Å². The Hall–Kier alpha value is -2.29. The van der Waals surface area contributed by atoms with E-state index in [1.165, 1.54) is 12.2 Å². The molecule has 0 heterocycles. The molecule has 94 valence electrons. The second-order valence-electron chi connectivity index (χ2n) is 3.42. The summed E-state index contributed by atoms with van der Waals surface area (Å²) in [5.74, 6) is 0.378. The van der Waals surface area contributed by atoms with Crippen LogP contribution in [0.2, 0.25) is 0 Å². The molecule has 0 saturated heterocycles. The quantitative estimate of drug-likeness (QED) is 0.420. The summed E-state index contributed by atoms with van der Waals surface area (Å²) < 4.78 is 10.2. The lowest BCUT2D eigenvalue weighted by Gasteiger charge is -2.02. The van der Waals surface area contributed by atoms with E-state index in [9.17, 15) is 4.79 Å². The van der Waals surface area contributed by atoms with Crippen LogP contribution in [-0.4, -0.2) is 19.2 Å². The fraction of sp³-hybridized carbons (Fsp3) is 0.133. The van der Waals surface area contributed by atoms with Gasteiger partial charge in [0.05, 0.1) is 0 Å². The number of carbonyl (C=O) groups excluding carboxylic acids is 1. The molecule has 0 fully saturated rings. The Morgan fingerprint density at radius 1 is 1.11 bits per heavy atom. The zero-order valence-electron chi connectivity index (χ0n) is 10.2. The van der Waals surface area contributed by atoms with Crippen LogP contribution in [0.4, 0.5) is 0 Å². The summed E-state index contributed by atoms with van der Waals surface area (Å²) in [6, 6.07) is 7.38. The lowest BCUT2D eigenvalue weighted by Crippen LogP contribution is -1.99. The maximum Gasteiger partial charge on any atom is 0.331 e. The van der Waals surface area contributed by atoms with Crippen molar-refractivity contribution in [1.82, 2.24) is 0 Å². The Morgan fingerprint density at radius 3 is 2.39 bits per heavy atom. The number of benzene rings is 1. The van der Waals surface area contributed by atoms with Crippen molar-refractivity contribution in [3.63, 3.8) is 0 Å². The molecule has 0 saturated carbocycles. The van der Waals surface area contributed by atoms with Gasteiger partial charge in [-0.05, 0) is 23.8 Å². The molecule has 0 bridgehead atoms. The van der Waals surface area contributed by atoms with Crippen LogP contribution in [-0.2, 0) is 9.53 Å².